The first-order chi connectivity index (χ1) is 12.9. The van der Waals surface area contributed by atoms with Crippen LogP contribution in [0.15, 0.2) is 36.7 Å². The third kappa shape index (κ3) is 4.11. The number of likely N-dealkylation sites (N-methyl/N-ethyl adjacent to an activating group) is 1. The zero-order valence-corrected chi connectivity index (χ0v) is 15.7. The highest BCUT2D eigenvalue weighted by Crippen LogP contribution is 2.25. The number of nitrogens with zero attached hydrogens (tertiary/aromatic N) is 5. The van der Waals surface area contributed by atoms with Gasteiger partial charge in [0.15, 0.2) is 5.82 Å². The molecule has 1 atom stereocenters. The Balaban J connectivity index is 1.83. The summed E-state index contributed by atoms with van der Waals surface area (Å²) in [6.07, 6.45) is 3.18. The molecule has 0 saturated carbocycles. The van der Waals surface area contributed by atoms with E-state index in [0.717, 1.165) is 11.4 Å². The van der Waals surface area contributed by atoms with Crippen molar-refractivity contribution in [2.75, 3.05) is 26.0 Å². The van der Waals surface area contributed by atoms with Crippen LogP contribution in [-0.4, -0.2) is 45.3 Å². The van der Waals surface area contributed by atoms with Crippen LogP contribution in [0.3, 0.4) is 0 Å². The van der Waals surface area contributed by atoms with Crippen LogP contribution in [0.5, 0.6) is 0 Å². The number of aromatic nitrogens is 4. The summed E-state index contributed by atoms with van der Waals surface area (Å²) in [4.78, 5) is 10.5. The average molecular weight is 372 g/mol. The van der Waals surface area contributed by atoms with Crippen LogP contribution in [0.4, 0.5) is 14.6 Å². The second-order valence-corrected chi connectivity index (χ2v) is 6.60. The van der Waals surface area contributed by atoms with Gasteiger partial charge in [0.1, 0.15) is 17.5 Å². The van der Waals surface area contributed by atoms with Crippen molar-refractivity contribution >= 4 is 5.82 Å². The number of nitrogens with one attached hydrogen (secondary N) is 1. The number of anilines is 1. The van der Waals surface area contributed by atoms with Gasteiger partial charge < -0.3 is 10.2 Å². The second kappa shape index (κ2) is 7.79. The first kappa shape index (κ1) is 18.9. The van der Waals surface area contributed by atoms with Crippen LogP contribution in [0.2, 0.25) is 0 Å². The maximum atomic E-state index is 14.2. The minimum Gasteiger partial charge on any atom is -0.367 e. The summed E-state index contributed by atoms with van der Waals surface area (Å²) in [7, 11) is 3.55. The molecule has 0 aliphatic rings. The second-order valence-electron chi connectivity index (χ2n) is 6.60. The number of hydrogen-bond acceptors (Lipinski definition) is 5. The molecule has 8 heteroatoms. The molecule has 0 amide bonds. The topological polar surface area (TPSA) is 58.9 Å². The Kier molecular flexibility index (Phi) is 5.46. The average Bonchev–Trinajstić information content (AvgIpc) is 2.95. The van der Waals surface area contributed by atoms with Gasteiger partial charge in [-0.25, -0.2) is 18.4 Å². The van der Waals surface area contributed by atoms with E-state index in [1.54, 1.807) is 36.1 Å². The Hall–Kier alpha value is -2.87. The lowest BCUT2D eigenvalue weighted by atomic mass is 10.0. The molecule has 1 N–H and O–H groups in total. The monoisotopic (exact) mass is 372 g/mol. The molecule has 142 valence electrons. The van der Waals surface area contributed by atoms with Crippen LogP contribution >= 0.6 is 0 Å². The number of aryl methyl sites for hydroxylation is 2. The Morgan fingerprint density at radius 2 is 1.85 bits per heavy atom. The Bertz CT molecular complexity index is 917. The van der Waals surface area contributed by atoms with Gasteiger partial charge >= 0.3 is 0 Å². The number of rotatable bonds is 6. The Morgan fingerprint density at radius 1 is 1.15 bits per heavy atom. The van der Waals surface area contributed by atoms with E-state index < -0.39 is 17.7 Å². The smallest absolute Gasteiger partial charge is 0.174 e. The molecule has 1 unspecified atom stereocenters. The molecule has 0 aliphatic heterocycles. The van der Waals surface area contributed by atoms with Crippen LogP contribution in [0.25, 0.3) is 5.82 Å². The van der Waals surface area contributed by atoms with E-state index in [0.29, 0.717) is 11.6 Å². The van der Waals surface area contributed by atoms with Crippen molar-refractivity contribution in [2.24, 2.45) is 0 Å². The summed E-state index contributed by atoms with van der Waals surface area (Å²) >= 11 is 0. The van der Waals surface area contributed by atoms with Crippen molar-refractivity contribution in [1.29, 1.82) is 0 Å². The van der Waals surface area contributed by atoms with E-state index in [1.165, 1.54) is 18.2 Å². The lowest BCUT2D eigenvalue weighted by molar-refractivity contribution is 0.295. The maximum absolute atomic E-state index is 14.2. The van der Waals surface area contributed by atoms with Crippen molar-refractivity contribution in [3.05, 3.63) is 65.2 Å². The third-order valence-electron chi connectivity index (χ3n) is 4.28. The lowest BCUT2D eigenvalue weighted by Gasteiger charge is -2.26. The van der Waals surface area contributed by atoms with E-state index in [2.05, 4.69) is 20.4 Å². The highest BCUT2D eigenvalue weighted by molar-refractivity contribution is 5.37. The van der Waals surface area contributed by atoms with Gasteiger partial charge in [-0.3, -0.25) is 4.98 Å². The van der Waals surface area contributed by atoms with Gasteiger partial charge in [0.05, 0.1) is 24.1 Å². The summed E-state index contributed by atoms with van der Waals surface area (Å²) in [5, 5.41) is 7.52. The number of halogens is 2. The molecule has 0 fully saturated rings. The van der Waals surface area contributed by atoms with Crippen LogP contribution in [0.1, 0.15) is 23.0 Å². The summed E-state index contributed by atoms with van der Waals surface area (Å²) in [5.41, 5.74) is 1.85. The first-order valence-corrected chi connectivity index (χ1v) is 8.56. The predicted molar refractivity (Wildman–Crippen MR) is 99.9 cm³/mol. The predicted octanol–water partition coefficient (Wildman–Crippen LogP) is 3.27. The molecule has 2 aromatic heterocycles. The molecule has 0 aliphatic carbocycles. The normalized spacial score (nSPS) is 12.4. The zero-order valence-electron chi connectivity index (χ0n) is 15.7. The largest absolute Gasteiger partial charge is 0.367 e. The number of hydrogen-bond donors (Lipinski definition) is 1. The minimum atomic E-state index is -0.571. The number of benzene rings is 1. The van der Waals surface area contributed by atoms with Crippen molar-refractivity contribution in [3.8, 4) is 5.82 Å². The van der Waals surface area contributed by atoms with Gasteiger partial charge in [0.2, 0.25) is 0 Å². The fourth-order valence-corrected chi connectivity index (χ4v) is 2.98. The quantitative estimate of drug-likeness (QED) is 0.720. The molecular weight excluding hydrogens is 350 g/mol. The third-order valence-corrected chi connectivity index (χ3v) is 4.28. The Labute approximate surface area is 156 Å². The molecule has 2 heterocycles. The summed E-state index contributed by atoms with van der Waals surface area (Å²) < 4.78 is 30.1. The molecule has 1 aromatic carbocycles. The van der Waals surface area contributed by atoms with Crippen molar-refractivity contribution < 1.29 is 8.78 Å². The van der Waals surface area contributed by atoms with Gasteiger partial charge in [-0.15, -0.1) is 0 Å². The van der Waals surface area contributed by atoms with Crippen LogP contribution in [0, 0.1) is 25.5 Å². The molecule has 3 rings (SSSR count). The molecular formula is C19H22F2N6. The van der Waals surface area contributed by atoms with E-state index in [4.69, 9.17) is 0 Å². The summed E-state index contributed by atoms with van der Waals surface area (Å²) in [6.45, 7) is 4.11. The molecule has 6 nitrogen and oxygen atoms in total. The van der Waals surface area contributed by atoms with Crippen LogP contribution < -0.4 is 5.32 Å². The van der Waals surface area contributed by atoms with Crippen LogP contribution in [-0.2, 0) is 0 Å². The van der Waals surface area contributed by atoms with Gasteiger partial charge in [0, 0.05) is 17.8 Å². The van der Waals surface area contributed by atoms with Gasteiger partial charge in [-0.05, 0) is 46.1 Å². The van der Waals surface area contributed by atoms with Gasteiger partial charge in [0.25, 0.3) is 0 Å². The van der Waals surface area contributed by atoms with E-state index in [-0.39, 0.29) is 12.1 Å². The highest BCUT2D eigenvalue weighted by Gasteiger charge is 2.22. The first-order valence-electron chi connectivity index (χ1n) is 8.56. The van der Waals surface area contributed by atoms with Crippen molar-refractivity contribution in [1.82, 2.24) is 24.6 Å². The molecule has 27 heavy (non-hydrogen) atoms. The molecule has 0 radical (unpaired) electrons. The van der Waals surface area contributed by atoms with E-state index in [9.17, 15) is 8.78 Å². The lowest BCUT2D eigenvalue weighted by Crippen LogP contribution is -2.29. The summed E-state index contributed by atoms with van der Waals surface area (Å²) in [6, 6.07) is 5.32. The fraction of sp³-hybridized carbons (Fsp3) is 0.316. The zero-order chi connectivity index (χ0) is 19.6. The Morgan fingerprint density at radius 3 is 2.44 bits per heavy atom. The summed E-state index contributed by atoms with van der Waals surface area (Å²) in [5.74, 6) is -0.0660. The van der Waals surface area contributed by atoms with Crippen molar-refractivity contribution in [2.45, 2.75) is 19.9 Å². The van der Waals surface area contributed by atoms with Crippen molar-refractivity contribution in [3.63, 3.8) is 0 Å². The molecule has 0 saturated heterocycles. The SMILES string of the molecule is Cc1cc(C)n(-c2cncc(NCC(c3c(F)cccc3F)N(C)C)n2)n1. The standard InChI is InChI=1S/C19H22F2N6/c1-12-8-13(2)27(25-12)18-11-22-10-17(24-18)23-9-16(26(3)4)19-14(20)6-5-7-15(19)21/h5-8,10-11,16H,9H2,1-4H3,(H,23,24). The molecule has 0 bridgehead atoms. The van der Waals surface area contributed by atoms with E-state index in [1.807, 2.05) is 19.9 Å². The molecule has 3 aromatic rings. The van der Waals surface area contributed by atoms with Gasteiger partial charge in [-0.2, -0.15) is 5.10 Å². The van der Waals surface area contributed by atoms with Gasteiger partial charge in [-0.1, -0.05) is 6.07 Å². The fourth-order valence-electron chi connectivity index (χ4n) is 2.98. The minimum absolute atomic E-state index is 0.0256. The molecule has 0 spiro atoms. The van der Waals surface area contributed by atoms with E-state index >= 15 is 0 Å². The maximum Gasteiger partial charge on any atom is 0.174 e. The highest BCUT2D eigenvalue weighted by atomic mass is 19.1.